The number of H-pyrrole nitrogens is 2. The van der Waals surface area contributed by atoms with Gasteiger partial charge >= 0.3 is 19.8 Å². The quantitative estimate of drug-likeness (QED) is 0.192. The van der Waals surface area contributed by atoms with Crippen molar-refractivity contribution in [1.29, 1.82) is 4.20 Å². The Balaban J connectivity index is 0.00000316. The third-order valence-corrected chi connectivity index (χ3v) is 6.27. The molecule has 0 radical (unpaired) electrons. The van der Waals surface area contributed by atoms with E-state index in [4.69, 9.17) is 4.20 Å². The predicted molar refractivity (Wildman–Crippen MR) is 144 cm³/mol. The summed E-state index contributed by atoms with van der Waals surface area (Å²) in [4.78, 5) is 34.8. The summed E-state index contributed by atoms with van der Waals surface area (Å²) in [5.74, 6) is 0. The predicted octanol–water partition coefficient (Wildman–Crippen LogP) is 4.77. The molecule has 0 atom stereocenters. The van der Waals surface area contributed by atoms with Crippen LogP contribution in [0, 0.1) is 18.0 Å². The summed E-state index contributed by atoms with van der Waals surface area (Å²) in [6.07, 6.45) is 8.99. The molecular weight excluding hydrogens is 497 g/mol. The van der Waals surface area contributed by atoms with Crippen LogP contribution in [0.1, 0.15) is 102 Å². The molecule has 2 aromatic rings. The Bertz CT molecular complexity index is 1050. The molecule has 0 amide bonds. The standard InChI is InChI=1S/C26H44N6O2.Mn.N/c1-7-9-11-13-17-31-25(33)23(21(5)29-31)19(3)27-15-16-28-20(4)24-22(6)30-32(26(24)34)18-14-12-10-8-2;;/h29-30H,7-18H2,1-6H3;;. The molecule has 0 aliphatic heterocycles. The second-order valence-electron chi connectivity index (χ2n) is 9.19. The van der Waals surface area contributed by atoms with E-state index in [-0.39, 0.29) is 11.1 Å². The second-order valence-corrected chi connectivity index (χ2v) is 9.19. The van der Waals surface area contributed by atoms with E-state index >= 15 is 0 Å². The third kappa shape index (κ3) is 9.23. The number of rotatable bonds is 15. The first-order valence-corrected chi connectivity index (χ1v) is 13.6. The molecule has 0 spiro atoms. The zero-order valence-corrected chi connectivity index (χ0v) is 24.1. The van der Waals surface area contributed by atoms with Crippen molar-refractivity contribution in [3.63, 3.8) is 0 Å². The van der Waals surface area contributed by atoms with Gasteiger partial charge in [-0.15, -0.1) is 0 Å². The molecule has 0 aliphatic rings. The number of aromatic amines is 2. The van der Waals surface area contributed by atoms with Crippen LogP contribution < -0.4 is 11.1 Å². The molecule has 2 heterocycles. The summed E-state index contributed by atoms with van der Waals surface area (Å²) in [6, 6.07) is 0. The van der Waals surface area contributed by atoms with Gasteiger partial charge in [0.2, 0.25) is 0 Å². The summed E-state index contributed by atoms with van der Waals surface area (Å²) in [7, 11) is 0. The average molecular weight is 542 g/mol. The van der Waals surface area contributed by atoms with Crippen molar-refractivity contribution < 1.29 is 15.6 Å². The van der Waals surface area contributed by atoms with Gasteiger partial charge in [-0.25, -0.2) is 0 Å². The van der Waals surface area contributed by atoms with Crippen LogP contribution in [0.4, 0.5) is 0 Å². The zero-order chi connectivity index (χ0) is 27.1. The molecule has 0 saturated heterocycles. The minimum atomic E-state index is -0.00244. The molecule has 0 aliphatic carbocycles. The molecule has 0 bridgehead atoms. The molecule has 2 rings (SSSR count). The van der Waals surface area contributed by atoms with E-state index in [1.807, 2.05) is 43.3 Å². The van der Waals surface area contributed by atoms with Crippen molar-refractivity contribution >= 4 is 11.4 Å². The van der Waals surface area contributed by atoms with Gasteiger partial charge < -0.3 is 0 Å². The Hall–Kier alpha value is -2.41. The van der Waals surface area contributed by atoms with E-state index < -0.39 is 0 Å². The maximum atomic E-state index is 12.8. The molecule has 0 fully saturated rings. The number of aromatic nitrogens is 4. The molecule has 2 aromatic heterocycles. The fourth-order valence-electron chi connectivity index (χ4n) is 4.36. The van der Waals surface area contributed by atoms with Crippen LogP contribution in [-0.4, -0.2) is 44.1 Å². The molecule has 202 valence electrons. The van der Waals surface area contributed by atoms with E-state index in [0.717, 1.165) is 48.5 Å². The van der Waals surface area contributed by atoms with Crippen LogP contribution in [0.2, 0.25) is 0 Å². The number of aryl methyl sites for hydroxylation is 4. The number of hydrogen-bond acceptors (Lipinski definition) is 5. The normalized spacial score (nSPS) is 12.0. The van der Waals surface area contributed by atoms with E-state index in [1.54, 1.807) is 9.36 Å². The van der Waals surface area contributed by atoms with Crippen LogP contribution in [0.25, 0.3) is 0 Å². The Morgan fingerprint density at radius 1 is 0.722 bits per heavy atom. The monoisotopic (exact) mass is 541 g/mol. The van der Waals surface area contributed by atoms with Gasteiger partial charge in [0.25, 0.3) is 11.1 Å². The van der Waals surface area contributed by atoms with Crippen LogP contribution in [0.5, 0.6) is 0 Å². The van der Waals surface area contributed by atoms with Crippen LogP contribution >= 0.6 is 0 Å². The molecule has 0 aromatic carbocycles. The van der Waals surface area contributed by atoms with Crippen molar-refractivity contribution in [2.45, 2.75) is 106 Å². The van der Waals surface area contributed by atoms with E-state index in [2.05, 4.69) is 34.0 Å². The van der Waals surface area contributed by atoms with Crippen LogP contribution in [-0.2, 0) is 28.7 Å². The average Bonchev–Trinajstić information content (AvgIpc) is 3.31. The van der Waals surface area contributed by atoms with Crippen molar-refractivity contribution in [3.05, 3.63) is 43.2 Å². The first kappa shape index (κ1) is 31.6. The summed E-state index contributed by atoms with van der Waals surface area (Å²) < 4.78 is 10.2. The van der Waals surface area contributed by atoms with Crippen molar-refractivity contribution in [3.8, 4) is 0 Å². The summed E-state index contributed by atoms with van der Waals surface area (Å²) in [5.41, 5.74) is 4.46. The Morgan fingerprint density at radius 3 is 1.42 bits per heavy atom. The van der Waals surface area contributed by atoms with E-state index in [1.165, 1.54) is 25.7 Å². The number of unbranched alkanes of at least 4 members (excludes halogenated alkanes) is 6. The Kier molecular flexibility index (Phi) is 15.0. The second kappa shape index (κ2) is 17.1. The van der Waals surface area contributed by atoms with Gasteiger partial charge in [0.15, 0.2) is 0 Å². The third-order valence-electron chi connectivity index (χ3n) is 6.27. The summed E-state index contributed by atoms with van der Waals surface area (Å²) >= 11 is 1.94. The maximum absolute atomic E-state index is 12.8. The van der Waals surface area contributed by atoms with E-state index in [9.17, 15) is 9.59 Å². The molecular formula is C26H44MnN7O2. The minimum absolute atomic E-state index is 0.00244. The van der Waals surface area contributed by atoms with Gasteiger partial charge in [-0.2, -0.15) is 0 Å². The van der Waals surface area contributed by atoms with Crippen molar-refractivity contribution in [2.75, 3.05) is 13.1 Å². The Labute approximate surface area is 222 Å². The van der Waals surface area contributed by atoms with Gasteiger partial charge in [0.1, 0.15) is 0 Å². The molecule has 2 N–H and O–H groups in total. The van der Waals surface area contributed by atoms with Gasteiger partial charge in [0.05, 0.1) is 24.2 Å². The zero-order valence-electron chi connectivity index (χ0n) is 22.9. The first-order valence-electron chi connectivity index (χ1n) is 13.1. The number of aliphatic imine (C=N–C) groups is 2. The van der Waals surface area contributed by atoms with Crippen molar-refractivity contribution in [1.82, 2.24) is 19.6 Å². The van der Waals surface area contributed by atoms with Gasteiger partial charge in [-0.1, -0.05) is 52.4 Å². The number of nitrogens with one attached hydrogen (secondary N) is 2. The van der Waals surface area contributed by atoms with Gasteiger partial charge in [0, 0.05) is 35.9 Å². The number of hydrogen-bond donors (Lipinski definition) is 2. The van der Waals surface area contributed by atoms with Gasteiger partial charge in [-0.3, -0.25) is 39.1 Å². The molecule has 0 saturated carbocycles. The Morgan fingerprint density at radius 2 is 1.08 bits per heavy atom. The van der Waals surface area contributed by atoms with Crippen LogP contribution in [0.15, 0.2) is 19.6 Å². The first-order chi connectivity index (χ1) is 17.3. The molecule has 36 heavy (non-hydrogen) atoms. The van der Waals surface area contributed by atoms with E-state index in [0.29, 0.717) is 37.3 Å². The molecule has 10 heteroatoms. The molecule has 0 unspecified atom stereocenters. The fourth-order valence-corrected chi connectivity index (χ4v) is 4.36. The molecule has 9 nitrogen and oxygen atoms in total. The topological polar surface area (TPSA) is 124 Å². The summed E-state index contributed by atoms with van der Waals surface area (Å²) in [5, 5.41) is 6.38. The van der Waals surface area contributed by atoms with Gasteiger partial charge in [-0.05, 0) is 40.5 Å². The fraction of sp³-hybridized carbons (Fsp3) is 0.692. The SMILES string of the molecule is CCCCCCn1[nH]c(C)c(C(C)=NCCN=C(C)c2c(C)[nH]n(CCCCCC)c2=O)c1=O.[N]#[Mn]. The number of nitrogens with zero attached hydrogens (tertiary/aromatic N) is 5. The van der Waals surface area contributed by atoms with Crippen molar-refractivity contribution in [2.24, 2.45) is 9.98 Å². The van der Waals surface area contributed by atoms with Crippen LogP contribution in [0.3, 0.4) is 0 Å². The summed E-state index contributed by atoms with van der Waals surface area (Å²) in [6.45, 7) is 14.3.